The van der Waals surface area contributed by atoms with E-state index in [0.29, 0.717) is 65.1 Å². The summed E-state index contributed by atoms with van der Waals surface area (Å²) >= 11 is 0. The molecular formula is C28H39N5O4S. The second-order valence-electron chi connectivity index (χ2n) is 10.4. The van der Waals surface area contributed by atoms with Crippen molar-refractivity contribution < 1.29 is 18.0 Å². The van der Waals surface area contributed by atoms with E-state index in [1.807, 2.05) is 52.3 Å². The molecule has 0 aliphatic carbocycles. The predicted octanol–water partition coefficient (Wildman–Crippen LogP) is 2.73. The number of para-hydroxylation sites is 1. The van der Waals surface area contributed by atoms with E-state index in [2.05, 4.69) is 9.88 Å². The van der Waals surface area contributed by atoms with Gasteiger partial charge in [-0.25, -0.2) is 12.7 Å². The first-order valence-corrected chi connectivity index (χ1v) is 15.3. The van der Waals surface area contributed by atoms with Crippen LogP contribution in [0.4, 0.5) is 5.69 Å². The number of piperidine rings is 1. The van der Waals surface area contributed by atoms with Gasteiger partial charge in [0.2, 0.25) is 21.8 Å². The van der Waals surface area contributed by atoms with Crippen molar-refractivity contribution in [3.05, 3.63) is 59.9 Å². The molecule has 0 radical (unpaired) electrons. The zero-order valence-corrected chi connectivity index (χ0v) is 23.3. The van der Waals surface area contributed by atoms with Gasteiger partial charge in [0, 0.05) is 77.6 Å². The maximum absolute atomic E-state index is 13.7. The highest BCUT2D eigenvalue weighted by Crippen LogP contribution is 2.26. The van der Waals surface area contributed by atoms with E-state index >= 15 is 0 Å². The molecule has 2 aromatic rings. The van der Waals surface area contributed by atoms with Crippen LogP contribution in [0.2, 0.25) is 0 Å². The van der Waals surface area contributed by atoms with E-state index in [0.717, 1.165) is 29.9 Å². The molecule has 2 aliphatic heterocycles. The Morgan fingerprint density at radius 3 is 2.37 bits per heavy atom. The smallest absolute Gasteiger partial charge is 0.223 e. The fourth-order valence-corrected chi connectivity index (χ4v) is 6.25. The van der Waals surface area contributed by atoms with Crippen LogP contribution < -0.4 is 4.90 Å². The molecule has 0 spiro atoms. The molecule has 38 heavy (non-hydrogen) atoms. The van der Waals surface area contributed by atoms with Gasteiger partial charge in [-0.1, -0.05) is 24.3 Å². The van der Waals surface area contributed by atoms with Gasteiger partial charge >= 0.3 is 0 Å². The molecule has 1 aromatic heterocycles. The summed E-state index contributed by atoms with van der Waals surface area (Å²) in [5, 5.41) is 0. The van der Waals surface area contributed by atoms with Crippen LogP contribution in [0.1, 0.15) is 43.9 Å². The highest BCUT2D eigenvalue weighted by Gasteiger charge is 2.28. The van der Waals surface area contributed by atoms with Gasteiger partial charge in [-0.05, 0) is 48.9 Å². The van der Waals surface area contributed by atoms with Crippen molar-refractivity contribution in [2.24, 2.45) is 5.92 Å². The van der Waals surface area contributed by atoms with Crippen LogP contribution in [0.15, 0.2) is 48.7 Å². The minimum absolute atomic E-state index is 0.0107. The number of carbonyl (C=O) groups excluding carboxylic acids is 2. The third-order valence-electron chi connectivity index (χ3n) is 7.54. The maximum atomic E-state index is 13.7. The Bertz CT molecular complexity index is 1200. The fourth-order valence-electron chi connectivity index (χ4n) is 5.38. The highest BCUT2D eigenvalue weighted by atomic mass is 32.2. The van der Waals surface area contributed by atoms with E-state index in [9.17, 15) is 18.0 Å². The topological polar surface area (TPSA) is 94.1 Å². The number of hydrogen-bond acceptors (Lipinski definition) is 6. The van der Waals surface area contributed by atoms with Gasteiger partial charge in [0.1, 0.15) is 0 Å². The van der Waals surface area contributed by atoms with Crippen LogP contribution in [0.25, 0.3) is 0 Å². The molecule has 1 aromatic carbocycles. The number of nitrogens with zero attached hydrogens (tertiary/aromatic N) is 5. The molecule has 9 nitrogen and oxygen atoms in total. The second-order valence-corrected chi connectivity index (χ2v) is 12.4. The first kappa shape index (κ1) is 28.2. The summed E-state index contributed by atoms with van der Waals surface area (Å²) in [6.07, 6.45) is 5.62. The summed E-state index contributed by atoms with van der Waals surface area (Å²) in [6, 6.07) is 13.7. The van der Waals surface area contributed by atoms with Crippen LogP contribution in [-0.4, -0.2) is 84.8 Å². The Morgan fingerprint density at radius 2 is 1.68 bits per heavy atom. The lowest BCUT2D eigenvalue weighted by Crippen LogP contribution is -2.41. The summed E-state index contributed by atoms with van der Waals surface area (Å²) in [4.78, 5) is 36.8. The number of anilines is 1. The van der Waals surface area contributed by atoms with Crippen molar-refractivity contribution in [2.75, 3.05) is 50.4 Å². The molecule has 4 rings (SSSR count). The molecule has 0 unspecified atom stereocenters. The number of pyridine rings is 1. The minimum atomic E-state index is -3.20. The van der Waals surface area contributed by atoms with Gasteiger partial charge < -0.3 is 9.80 Å². The van der Waals surface area contributed by atoms with Gasteiger partial charge in [-0.3, -0.25) is 19.5 Å². The van der Waals surface area contributed by atoms with Gasteiger partial charge in [-0.15, -0.1) is 0 Å². The largest absolute Gasteiger partial charge is 0.337 e. The van der Waals surface area contributed by atoms with Crippen LogP contribution in [-0.2, 0) is 32.7 Å². The Labute approximate surface area is 226 Å². The molecule has 0 bridgehead atoms. The number of aromatic nitrogens is 1. The Kier molecular flexibility index (Phi) is 9.51. The molecule has 0 atom stereocenters. The van der Waals surface area contributed by atoms with Crippen molar-refractivity contribution >= 4 is 27.5 Å². The number of hydrogen-bond donors (Lipinski definition) is 0. The number of sulfonamides is 1. The normalized spacial score (nSPS) is 19.0. The lowest BCUT2D eigenvalue weighted by Gasteiger charge is -2.32. The number of fused-ring (bicyclic) bond motifs is 1. The average molecular weight is 542 g/mol. The summed E-state index contributed by atoms with van der Waals surface area (Å²) in [6.45, 7) is 6.30. The van der Waals surface area contributed by atoms with Crippen LogP contribution in [0.5, 0.6) is 0 Å². The molecule has 1 fully saturated rings. The fraction of sp³-hybridized carbons (Fsp3) is 0.536. The third-order valence-corrected chi connectivity index (χ3v) is 8.84. The number of benzene rings is 1. The van der Waals surface area contributed by atoms with Crippen LogP contribution >= 0.6 is 0 Å². The molecule has 2 aliphatic rings. The molecule has 0 N–H and O–H groups in total. The zero-order chi connectivity index (χ0) is 27.1. The molecule has 3 heterocycles. The first-order chi connectivity index (χ1) is 18.2. The minimum Gasteiger partial charge on any atom is -0.337 e. The Morgan fingerprint density at radius 1 is 0.947 bits per heavy atom. The number of carbonyl (C=O) groups is 2. The van der Waals surface area contributed by atoms with Gasteiger partial charge in [0.15, 0.2) is 0 Å². The van der Waals surface area contributed by atoms with Crippen molar-refractivity contribution in [1.29, 1.82) is 0 Å². The monoisotopic (exact) mass is 541 g/mol. The molecule has 0 saturated carbocycles. The summed E-state index contributed by atoms with van der Waals surface area (Å²) < 4.78 is 25.3. The first-order valence-electron chi connectivity index (χ1n) is 13.4. The summed E-state index contributed by atoms with van der Waals surface area (Å²) in [5.41, 5.74) is 2.79. The number of amides is 2. The molecule has 2 amide bonds. The third kappa shape index (κ3) is 7.61. The van der Waals surface area contributed by atoms with E-state index in [1.54, 1.807) is 13.1 Å². The molecule has 1 saturated heterocycles. The van der Waals surface area contributed by atoms with E-state index in [-0.39, 0.29) is 17.7 Å². The molecule has 10 heteroatoms. The second kappa shape index (κ2) is 12.8. The zero-order valence-electron chi connectivity index (χ0n) is 22.5. The quantitative estimate of drug-likeness (QED) is 0.578. The van der Waals surface area contributed by atoms with Gasteiger partial charge in [-0.2, -0.15) is 0 Å². The molecule has 206 valence electrons. The van der Waals surface area contributed by atoms with Crippen LogP contribution in [0.3, 0.4) is 0 Å². The lowest BCUT2D eigenvalue weighted by molar-refractivity contribution is -0.133. The van der Waals surface area contributed by atoms with Crippen molar-refractivity contribution in [3.8, 4) is 0 Å². The Balaban J connectivity index is 1.53. The van der Waals surface area contributed by atoms with E-state index in [4.69, 9.17) is 0 Å². The highest BCUT2D eigenvalue weighted by molar-refractivity contribution is 7.88. The van der Waals surface area contributed by atoms with E-state index < -0.39 is 10.0 Å². The number of rotatable bonds is 5. The maximum Gasteiger partial charge on any atom is 0.223 e. The Hall–Kier alpha value is -2.82. The SMILES string of the molecule is CC(=O)N1CCCN(Cc2ccccn2)CCN(C(=O)CC2CCN(S(C)(=O)=O)CC2)Cc2ccccc21. The van der Waals surface area contributed by atoms with Gasteiger partial charge in [0.25, 0.3) is 0 Å². The summed E-state index contributed by atoms with van der Waals surface area (Å²) in [5.74, 6) is 0.222. The van der Waals surface area contributed by atoms with Crippen molar-refractivity contribution in [1.82, 2.24) is 19.1 Å². The van der Waals surface area contributed by atoms with Crippen molar-refractivity contribution in [3.63, 3.8) is 0 Å². The van der Waals surface area contributed by atoms with Crippen molar-refractivity contribution in [2.45, 2.75) is 45.7 Å². The lowest BCUT2D eigenvalue weighted by atomic mass is 9.94. The standard InChI is InChI=1S/C28H39N5O4S/c1-23(34)33-15-7-14-30(22-26-9-5-6-13-29-26)18-19-31(21-25-8-3-4-10-27(25)33)28(35)20-24-11-16-32(17-12-24)38(2,36)37/h3-6,8-10,13,24H,7,11-12,14-22H2,1-2H3. The van der Waals surface area contributed by atoms with E-state index in [1.165, 1.54) is 10.6 Å². The average Bonchev–Trinajstić information content (AvgIpc) is 2.92. The predicted molar refractivity (Wildman–Crippen MR) is 148 cm³/mol. The summed E-state index contributed by atoms with van der Waals surface area (Å²) in [7, 11) is -3.20. The molecular weight excluding hydrogens is 502 g/mol. The van der Waals surface area contributed by atoms with Crippen LogP contribution in [0, 0.1) is 5.92 Å². The van der Waals surface area contributed by atoms with Gasteiger partial charge in [0.05, 0.1) is 11.9 Å².